The number of carbonyl (C=O) groups is 1. The standard InChI is InChI=1S/C27H19Br2N3O7S/c1-3-38-26(35)22-13(2)30-27-31(25(34)21(40-27)11-14-9-17(28)24(33)18(29)10-14)23(22)20-8-7-19(39-20)15-5-4-6-16(12-15)32(36)37/h4-12,23,33H,3H2,1-2H3/b21-11-/t23-/m1/s1. The smallest absolute Gasteiger partial charge is 0.338 e. The molecule has 2 aromatic carbocycles. The van der Waals surface area contributed by atoms with E-state index >= 15 is 0 Å². The first-order chi connectivity index (χ1) is 19.1. The Morgan fingerprint density at radius 1 is 1.25 bits per heavy atom. The van der Waals surface area contributed by atoms with Crippen LogP contribution in [0.3, 0.4) is 0 Å². The number of aromatic hydroxyl groups is 1. The molecule has 13 heteroatoms. The lowest BCUT2D eigenvalue weighted by atomic mass is 10.0. The SMILES string of the molecule is CCOC(=O)C1=C(C)N=c2s/c(=C\c3cc(Br)c(O)c(Br)c3)c(=O)n2[C@@H]1c1ccc(-c2cccc([N+](=O)[O-])c2)o1. The number of phenolic OH excluding ortho intramolecular Hbond substituents is 1. The minimum Gasteiger partial charge on any atom is -0.506 e. The van der Waals surface area contributed by atoms with Gasteiger partial charge < -0.3 is 14.3 Å². The van der Waals surface area contributed by atoms with Crippen molar-refractivity contribution in [1.82, 2.24) is 4.57 Å². The highest BCUT2D eigenvalue weighted by molar-refractivity contribution is 9.11. The maximum Gasteiger partial charge on any atom is 0.338 e. The third-order valence-corrected chi connectivity index (χ3v) is 8.28. The van der Waals surface area contributed by atoms with Crippen molar-refractivity contribution in [2.24, 2.45) is 4.99 Å². The Kier molecular flexibility index (Phi) is 7.62. The highest BCUT2D eigenvalue weighted by Gasteiger charge is 2.35. The molecule has 0 saturated heterocycles. The molecule has 1 atom stereocenters. The van der Waals surface area contributed by atoms with Gasteiger partial charge in [0.15, 0.2) is 4.80 Å². The number of furan rings is 1. The Labute approximate surface area is 247 Å². The van der Waals surface area contributed by atoms with Gasteiger partial charge in [-0.3, -0.25) is 19.5 Å². The first kappa shape index (κ1) is 27.7. The van der Waals surface area contributed by atoms with Crippen LogP contribution in [0, 0.1) is 10.1 Å². The molecule has 5 rings (SSSR count). The number of aromatic nitrogens is 1. The number of rotatable bonds is 6. The fourth-order valence-electron chi connectivity index (χ4n) is 4.31. The molecule has 0 saturated carbocycles. The average Bonchev–Trinajstić information content (AvgIpc) is 3.52. The van der Waals surface area contributed by atoms with E-state index in [4.69, 9.17) is 9.15 Å². The van der Waals surface area contributed by atoms with Crippen molar-refractivity contribution in [3.05, 3.63) is 110 Å². The topological polar surface area (TPSA) is 137 Å². The highest BCUT2D eigenvalue weighted by atomic mass is 79.9. The lowest BCUT2D eigenvalue weighted by Crippen LogP contribution is -2.39. The summed E-state index contributed by atoms with van der Waals surface area (Å²) in [5, 5.41) is 21.3. The normalized spacial score (nSPS) is 15.1. The van der Waals surface area contributed by atoms with Gasteiger partial charge in [-0.1, -0.05) is 23.5 Å². The molecule has 0 unspecified atom stereocenters. The molecule has 0 spiro atoms. The van der Waals surface area contributed by atoms with Gasteiger partial charge in [-0.2, -0.15) is 0 Å². The number of nitro groups is 1. The molecular formula is C27H19Br2N3O7S. The van der Waals surface area contributed by atoms with Crippen LogP contribution in [0.1, 0.15) is 31.2 Å². The van der Waals surface area contributed by atoms with E-state index in [9.17, 15) is 24.8 Å². The fraction of sp³-hybridized carbons (Fsp3) is 0.148. The van der Waals surface area contributed by atoms with Crippen molar-refractivity contribution in [1.29, 1.82) is 0 Å². The van der Waals surface area contributed by atoms with Crippen LogP contribution < -0.4 is 14.9 Å². The molecule has 10 nitrogen and oxygen atoms in total. The maximum absolute atomic E-state index is 13.8. The van der Waals surface area contributed by atoms with Crippen LogP contribution in [0.5, 0.6) is 5.75 Å². The molecule has 0 fully saturated rings. The predicted molar refractivity (Wildman–Crippen MR) is 155 cm³/mol. The van der Waals surface area contributed by atoms with Crippen molar-refractivity contribution < 1.29 is 24.0 Å². The molecule has 204 valence electrons. The number of hydrogen-bond donors (Lipinski definition) is 1. The minimum atomic E-state index is -0.983. The molecular weight excluding hydrogens is 670 g/mol. The molecule has 4 aromatic rings. The molecule has 0 radical (unpaired) electrons. The number of allylic oxidation sites excluding steroid dienone is 1. The van der Waals surface area contributed by atoms with Crippen molar-refractivity contribution in [3.63, 3.8) is 0 Å². The molecule has 0 bridgehead atoms. The van der Waals surface area contributed by atoms with Gasteiger partial charge in [0.05, 0.1) is 36.3 Å². The zero-order valence-corrected chi connectivity index (χ0v) is 24.9. The number of non-ortho nitro benzene ring substituents is 1. The summed E-state index contributed by atoms with van der Waals surface area (Å²) in [6.07, 6.45) is 1.66. The van der Waals surface area contributed by atoms with E-state index in [0.29, 0.717) is 40.9 Å². The van der Waals surface area contributed by atoms with Gasteiger partial charge >= 0.3 is 5.97 Å². The Morgan fingerprint density at radius 2 is 1.98 bits per heavy atom. The summed E-state index contributed by atoms with van der Waals surface area (Å²) in [7, 11) is 0. The molecule has 2 aromatic heterocycles. The number of halogens is 2. The Balaban J connectivity index is 1.69. The largest absolute Gasteiger partial charge is 0.506 e. The molecule has 1 N–H and O–H groups in total. The van der Waals surface area contributed by atoms with Crippen molar-refractivity contribution in [2.45, 2.75) is 19.9 Å². The lowest BCUT2D eigenvalue weighted by molar-refractivity contribution is -0.384. The van der Waals surface area contributed by atoms with Crippen LogP contribution in [0.25, 0.3) is 17.4 Å². The van der Waals surface area contributed by atoms with Gasteiger partial charge in [-0.25, -0.2) is 9.79 Å². The first-order valence-corrected chi connectivity index (χ1v) is 14.2. The van der Waals surface area contributed by atoms with Crippen LogP contribution in [0.2, 0.25) is 0 Å². The molecule has 0 amide bonds. The molecule has 1 aliphatic rings. The Morgan fingerprint density at radius 3 is 2.65 bits per heavy atom. The summed E-state index contributed by atoms with van der Waals surface area (Å²) in [4.78, 5) is 42.6. The van der Waals surface area contributed by atoms with E-state index in [2.05, 4.69) is 36.9 Å². The van der Waals surface area contributed by atoms with Crippen LogP contribution in [0.4, 0.5) is 5.69 Å². The van der Waals surface area contributed by atoms with Gasteiger partial charge in [0.2, 0.25) is 0 Å². The second-order valence-corrected chi connectivity index (χ2v) is 11.4. The highest BCUT2D eigenvalue weighted by Crippen LogP contribution is 2.35. The molecule has 3 heterocycles. The van der Waals surface area contributed by atoms with E-state index < -0.39 is 22.5 Å². The predicted octanol–water partition coefficient (Wildman–Crippen LogP) is 5.20. The second kappa shape index (κ2) is 11.0. The van der Waals surface area contributed by atoms with Crippen LogP contribution in [-0.4, -0.2) is 27.2 Å². The quantitative estimate of drug-likeness (QED) is 0.167. The van der Waals surface area contributed by atoms with Gasteiger partial charge in [-0.05, 0) is 81.6 Å². The number of nitro benzene ring substituents is 1. The van der Waals surface area contributed by atoms with Gasteiger partial charge in [0.1, 0.15) is 23.3 Å². The number of carbonyl (C=O) groups excluding carboxylic acids is 1. The average molecular weight is 689 g/mol. The van der Waals surface area contributed by atoms with Crippen molar-refractivity contribution in [2.75, 3.05) is 6.61 Å². The zero-order valence-electron chi connectivity index (χ0n) is 20.9. The summed E-state index contributed by atoms with van der Waals surface area (Å²) in [6.45, 7) is 3.46. The zero-order chi connectivity index (χ0) is 28.7. The maximum atomic E-state index is 13.8. The summed E-state index contributed by atoms with van der Waals surface area (Å²) >= 11 is 7.74. The number of esters is 1. The minimum absolute atomic E-state index is 0.0330. The number of thiazole rings is 1. The van der Waals surface area contributed by atoms with E-state index in [1.165, 1.54) is 16.7 Å². The van der Waals surface area contributed by atoms with Gasteiger partial charge in [0, 0.05) is 17.7 Å². The number of hydrogen-bond acceptors (Lipinski definition) is 9. The number of fused-ring (bicyclic) bond motifs is 1. The number of benzene rings is 2. The second-order valence-electron chi connectivity index (χ2n) is 8.64. The van der Waals surface area contributed by atoms with Crippen molar-refractivity contribution >= 4 is 60.9 Å². The van der Waals surface area contributed by atoms with Gasteiger partial charge in [-0.15, -0.1) is 0 Å². The number of nitrogens with zero attached hydrogens (tertiary/aromatic N) is 3. The van der Waals surface area contributed by atoms with Crippen molar-refractivity contribution in [3.8, 4) is 17.1 Å². The summed E-state index contributed by atoms with van der Waals surface area (Å²) in [5.41, 5.74) is 1.13. The molecule has 1 aliphatic heterocycles. The molecule has 40 heavy (non-hydrogen) atoms. The molecule has 0 aliphatic carbocycles. The van der Waals surface area contributed by atoms with E-state index in [1.54, 1.807) is 56.3 Å². The number of ether oxygens (including phenoxy) is 1. The third-order valence-electron chi connectivity index (χ3n) is 6.09. The number of phenols is 1. The third kappa shape index (κ3) is 5.07. The lowest BCUT2D eigenvalue weighted by Gasteiger charge is -2.22. The monoisotopic (exact) mass is 687 g/mol. The Hall–Kier alpha value is -3.81. The Bertz CT molecular complexity index is 1880. The van der Waals surface area contributed by atoms with Gasteiger partial charge in [0.25, 0.3) is 11.2 Å². The van der Waals surface area contributed by atoms with E-state index in [1.807, 2.05) is 0 Å². The van der Waals surface area contributed by atoms with E-state index in [-0.39, 0.29) is 29.4 Å². The first-order valence-electron chi connectivity index (χ1n) is 11.8. The van der Waals surface area contributed by atoms with Crippen LogP contribution in [0.15, 0.2) is 83.0 Å². The van der Waals surface area contributed by atoms with E-state index in [0.717, 1.165) is 11.3 Å². The fourth-order valence-corrected chi connectivity index (χ4v) is 6.58. The summed E-state index contributed by atoms with van der Waals surface area (Å²) < 4.78 is 14.1. The summed E-state index contributed by atoms with van der Waals surface area (Å²) in [5.74, 6) is -0.00692. The summed E-state index contributed by atoms with van der Waals surface area (Å²) in [6, 6.07) is 11.6. The van der Waals surface area contributed by atoms with Crippen LogP contribution >= 0.6 is 43.2 Å². The van der Waals surface area contributed by atoms with Crippen LogP contribution in [-0.2, 0) is 9.53 Å².